The van der Waals surface area contributed by atoms with Gasteiger partial charge in [0.05, 0.1) is 6.67 Å². The van der Waals surface area contributed by atoms with E-state index in [2.05, 4.69) is 32.8 Å². The monoisotopic (exact) mass is 505 g/mol. The van der Waals surface area contributed by atoms with E-state index >= 15 is 0 Å². The first-order valence-electron chi connectivity index (χ1n) is 13.9. The third-order valence-corrected chi connectivity index (χ3v) is 7.20. The van der Waals surface area contributed by atoms with Crippen LogP contribution in [0.1, 0.15) is 58.3 Å². The summed E-state index contributed by atoms with van der Waals surface area (Å²) in [7, 11) is 0. The molecule has 0 radical (unpaired) electrons. The molecule has 1 saturated heterocycles. The van der Waals surface area contributed by atoms with Crippen LogP contribution in [-0.2, 0) is 0 Å². The number of anilines is 1. The number of nitrogens with one attached hydrogen (secondary N) is 3. The lowest BCUT2D eigenvalue weighted by Gasteiger charge is -2.23. The number of likely N-dealkylation sites (N-methyl/N-ethyl adjacent to an activating group) is 1. The Morgan fingerprint density at radius 3 is 2.41 bits per heavy atom. The van der Waals surface area contributed by atoms with Crippen molar-refractivity contribution in [2.24, 2.45) is 15.7 Å². The molecule has 2 aromatic carbocycles. The second-order valence-electron chi connectivity index (χ2n) is 9.90. The molecule has 2 fully saturated rings. The maximum atomic E-state index is 6.30. The molecule has 1 aliphatic carbocycles. The molecule has 1 saturated carbocycles. The summed E-state index contributed by atoms with van der Waals surface area (Å²) in [4.78, 5) is 11.9. The number of guanidine groups is 2. The molecule has 8 nitrogen and oxygen atoms in total. The molecule has 1 heterocycles. The van der Waals surface area contributed by atoms with Crippen molar-refractivity contribution in [1.29, 1.82) is 0 Å². The first kappa shape index (κ1) is 26.9. The molecule has 0 amide bonds. The van der Waals surface area contributed by atoms with Gasteiger partial charge in [-0.15, -0.1) is 0 Å². The van der Waals surface area contributed by atoms with Gasteiger partial charge in [0.15, 0.2) is 0 Å². The maximum absolute atomic E-state index is 6.30. The average molecular weight is 506 g/mol. The quantitative estimate of drug-likeness (QED) is 0.220. The fraction of sp³-hybridized carbons (Fsp3) is 0.517. The van der Waals surface area contributed by atoms with Crippen molar-refractivity contribution in [1.82, 2.24) is 15.5 Å². The minimum absolute atomic E-state index is 0.302. The average Bonchev–Trinajstić information content (AvgIpc) is 3.22. The van der Waals surface area contributed by atoms with Crippen molar-refractivity contribution in [2.45, 2.75) is 70.4 Å². The van der Waals surface area contributed by atoms with Crippen LogP contribution in [0.25, 0.3) is 0 Å². The van der Waals surface area contributed by atoms with Crippen LogP contribution in [0, 0.1) is 0 Å². The zero-order valence-corrected chi connectivity index (χ0v) is 22.2. The van der Waals surface area contributed by atoms with Crippen molar-refractivity contribution in [3.63, 3.8) is 0 Å². The van der Waals surface area contributed by atoms with Crippen LogP contribution in [0.2, 0.25) is 0 Å². The number of nitrogens with zero attached hydrogens (tertiary/aromatic N) is 3. The standard InChI is InChI=1S/C29H43N7O/c1-2-36-20-10-13-25(36)21-31-29(33-22-32-23-11-6-3-4-7-12-23)35-28(30)34-24-16-18-27(19-17-24)37-26-14-8-5-9-15-26/h5,8-9,14-19,23,25,32H,2-4,6-7,10-13,20-22H2,1H3,(H4,30,31,33,34,35). The molecule has 200 valence electrons. The van der Waals surface area contributed by atoms with E-state index in [1.165, 1.54) is 51.4 Å². The number of nitrogens with two attached hydrogens (primary N) is 1. The van der Waals surface area contributed by atoms with Gasteiger partial charge in [-0.25, -0.2) is 4.99 Å². The van der Waals surface area contributed by atoms with Crippen LogP contribution < -0.4 is 26.4 Å². The molecule has 1 unspecified atom stereocenters. The first-order valence-corrected chi connectivity index (χ1v) is 13.9. The van der Waals surface area contributed by atoms with Crippen LogP contribution in [0.5, 0.6) is 11.5 Å². The van der Waals surface area contributed by atoms with Gasteiger partial charge >= 0.3 is 0 Å². The highest BCUT2D eigenvalue weighted by Crippen LogP contribution is 2.22. The molecular formula is C29H43N7O. The Kier molecular flexibility index (Phi) is 10.6. The fourth-order valence-corrected chi connectivity index (χ4v) is 5.14. The summed E-state index contributed by atoms with van der Waals surface area (Å²) in [6.45, 7) is 5.81. The maximum Gasteiger partial charge on any atom is 0.222 e. The van der Waals surface area contributed by atoms with Crippen LogP contribution in [0.15, 0.2) is 64.6 Å². The van der Waals surface area contributed by atoms with Crippen molar-refractivity contribution >= 4 is 17.6 Å². The van der Waals surface area contributed by atoms with Gasteiger partial charge < -0.3 is 21.1 Å². The summed E-state index contributed by atoms with van der Waals surface area (Å²) in [5.41, 5.74) is 7.14. The number of para-hydroxylation sites is 1. The molecule has 8 heteroatoms. The summed E-state index contributed by atoms with van der Waals surface area (Å²) >= 11 is 0. The zero-order chi connectivity index (χ0) is 25.7. The number of hydrogen-bond acceptors (Lipinski definition) is 4. The van der Waals surface area contributed by atoms with E-state index in [9.17, 15) is 0 Å². The Morgan fingerprint density at radius 2 is 1.68 bits per heavy atom. The van der Waals surface area contributed by atoms with Gasteiger partial charge in [0.25, 0.3) is 0 Å². The molecule has 2 aromatic rings. The third kappa shape index (κ3) is 9.05. The largest absolute Gasteiger partial charge is 0.457 e. The minimum atomic E-state index is 0.302. The lowest BCUT2D eigenvalue weighted by atomic mass is 10.1. The topological polar surface area (TPSA) is 99.3 Å². The summed E-state index contributed by atoms with van der Waals surface area (Å²) in [5, 5.41) is 10.3. The molecular weight excluding hydrogens is 462 g/mol. The highest BCUT2D eigenvalue weighted by Gasteiger charge is 2.23. The highest BCUT2D eigenvalue weighted by molar-refractivity contribution is 6.01. The molecule has 5 N–H and O–H groups in total. The van der Waals surface area contributed by atoms with Gasteiger partial charge in [-0.1, -0.05) is 50.8 Å². The van der Waals surface area contributed by atoms with Gasteiger partial charge in [-0.3, -0.25) is 10.2 Å². The second-order valence-corrected chi connectivity index (χ2v) is 9.90. The van der Waals surface area contributed by atoms with E-state index < -0.39 is 0 Å². The summed E-state index contributed by atoms with van der Waals surface area (Å²) in [6, 6.07) is 18.4. The zero-order valence-electron chi connectivity index (χ0n) is 22.2. The number of likely N-dealkylation sites (tertiary alicyclic amines) is 1. The number of hydrogen-bond donors (Lipinski definition) is 4. The van der Waals surface area contributed by atoms with Crippen molar-refractivity contribution in [2.75, 3.05) is 31.6 Å². The summed E-state index contributed by atoms with van der Waals surface area (Å²) < 4.78 is 5.87. The summed E-state index contributed by atoms with van der Waals surface area (Å²) in [6.07, 6.45) is 10.2. The van der Waals surface area contributed by atoms with Crippen molar-refractivity contribution in [3.8, 4) is 11.5 Å². The fourth-order valence-electron chi connectivity index (χ4n) is 5.14. The molecule has 1 atom stereocenters. The Bertz CT molecular complexity index is 985. The smallest absolute Gasteiger partial charge is 0.222 e. The Morgan fingerprint density at radius 1 is 0.946 bits per heavy atom. The number of ether oxygens (including phenoxy) is 1. The summed E-state index contributed by atoms with van der Waals surface area (Å²) in [5.74, 6) is 2.43. The normalized spacial score (nSPS) is 20.0. The van der Waals surface area contributed by atoms with Gasteiger partial charge in [-0.2, -0.15) is 4.99 Å². The predicted molar refractivity (Wildman–Crippen MR) is 153 cm³/mol. The van der Waals surface area contributed by atoms with Crippen LogP contribution in [0.3, 0.4) is 0 Å². The van der Waals surface area contributed by atoms with Gasteiger partial charge in [-0.05, 0) is 75.2 Å². The van der Waals surface area contributed by atoms with Crippen molar-refractivity contribution < 1.29 is 4.74 Å². The third-order valence-electron chi connectivity index (χ3n) is 7.20. The highest BCUT2D eigenvalue weighted by atomic mass is 16.5. The SMILES string of the molecule is CCN1CCCC1CNC(=N/CNC1CCCCCC1)/N=C(\N)Nc1ccc(Oc2ccccc2)cc1. The van der Waals surface area contributed by atoms with E-state index in [-0.39, 0.29) is 0 Å². The number of aliphatic imine (C=N–C) groups is 2. The Labute approximate surface area is 221 Å². The molecule has 1 aliphatic heterocycles. The second kappa shape index (κ2) is 14.6. The molecule has 4 rings (SSSR count). The van der Waals surface area contributed by atoms with Gasteiger partial charge in [0.2, 0.25) is 11.9 Å². The molecule has 0 bridgehead atoms. The van der Waals surface area contributed by atoms with E-state index in [0.29, 0.717) is 30.7 Å². The number of benzene rings is 2. The van der Waals surface area contributed by atoms with Crippen LogP contribution >= 0.6 is 0 Å². The van der Waals surface area contributed by atoms with Crippen LogP contribution in [0.4, 0.5) is 5.69 Å². The predicted octanol–water partition coefficient (Wildman–Crippen LogP) is 4.91. The molecule has 0 aromatic heterocycles. The minimum Gasteiger partial charge on any atom is -0.457 e. The first-order chi connectivity index (χ1) is 18.2. The number of rotatable bonds is 9. The lowest BCUT2D eigenvalue weighted by molar-refractivity contribution is 0.267. The van der Waals surface area contributed by atoms with E-state index in [4.69, 9.17) is 15.5 Å². The Balaban J connectivity index is 1.36. The van der Waals surface area contributed by atoms with Gasteiger partial charge in [0, 0.05) is 24.3 Å². The molecule has 2 aliphatic rings. The van der Waals surface area contributed by atoms with E-state index in [0.717, 1.165) is 36.8 Å². The van der Waals surface area contributed by atoms with E-state index in [1.807, 2.05) is 54.6 Å². The van der Waals surface area contributed by atoms with Crippen LogP contribution in [-0.4, -0.2) is 55.2 Å². The van der Waals surface area contributed by atoms with Crippen molar-refractivity contribution in [3.05, 3.63) is 54.6 Å². The molecule has 37 heavy (non-hydrogen) atoms. The lowest BCUT2D eigenvalue weighted by Crippen LogP contribution is -2.41. The molecule has 0 spiro atoms. The van der Waals surface area contributed by atoms with Gasteiger partial charge in [0.1, 0.15) is 11.5 Å². The van der Waals surface area contributed by atoms with E-state index in [1.54, 1.807) is 0 Å². The Hall–Kier alpha value is -3.10.